The van der Waals surface area contributed by atoms with Crippen molar-refractivity contribution in [2.75, 3.05) is 24.5 Å². The first-order valence-electron chi connectivity index (χ1n) is 8.22. The van der Waals surface area contributed by atoms with Gasteiger partial charge in [-0.1, -0.05) is 23.4 Å². The van der Waals surface area contributed by atoms with Crippen LogP contribution in [-0.2, 0) is 13.0 Å². The average Bonchev–Trinajstić information content (AvgIpc) is 3.04. The summed E-state index contributed by atoms with van der Waals surface area (Å²) in [5.41, 5.74) is 2.70. The van der Waals surface area contributed by atoms with E-state index in [0.717, 1.165) is 38.9 Å². The Morgan fingerprint density at radius 3 is 2.78 bits per heavy atom. The molecule has 124 valence electrons. The van der Waals surface area contributed by atoms with Gasteiger partial charge in [-0.3, -0.25) is 0 Å². The van der Waals surface area contributed by atoms with E-state index in [1.165, 1.54) is 11.3 Å². The molecule has 3 rings (SSSR count). The highest BCUT2D eigenvalue weighted by Crippen LogP contribution is 2.23. The van der Waals surface area contributed by atoms with Gasteiger partial charge in [0.2, 0.25) is 0 Å². The van der Waals surface area contributed by atoms with E-state index < -0.39 is 0 Å². The normalized spacial score (nSPS) is 16.0. The van der Waals surface area contributed by atoms with Crippen LogP contribution in [0.4, 0.5) is 5.69 Å². The van der Waals surface area contributed by atoms with E-state index in [1.807, 2.05) is 0 Å². The maximum absolute atomic E-state index is 8.90. The number of benzene rings is 1. The van der Waals surface area contributed by atoms with Crippen LogP contribution in [0.1, 0.15) is 30.1 Å². The quantitative estimate of drug-likeness (QED) is 0.844. The number of aliphatic hydroxyl groups is 1. The second-order valence-corrected chi connectivity index (χ2v) is 6.01. The summed E-state index contributed by atoms with van der Waals surface area (Å²) in [6.07, 6.45) is 3.01. The summed E-state index contributed by atoms with van der Waals surface area (Å²) in [5, 5.41) is 16.3. The predicted octanol–water partition coefficient (Wildman–Crippen LogP) is 1.67. The SMILES string of the molecule is Cc1ccccc1N1CCC(NCCc2noc(CO)n2)CC1. The molecule has 6 nitrogen and oxygen atoms in total. The largest absolute Gasteiger partial charge is 0.387 e. The third kappa shape index (κ3) is 4.09. The van der Waals surface area contributed by atoms with E-state index in [4.69, 9.17) is 9.63 Å². The fourth-order valence-electron chi connectivity index (χ4n) is 3.09. The highest BCUT2D eigenvalue weighted by atomic mass is 16.5. The molecular formula is C17H24N4O2. The van der Waals surface area contributed by atoms with Gasteiger partial charge in [-0.2, -0.15) is 4.98 Å². The first-order chi connectivity index (χ1) is 11.3. The summed E-state index contributed by atoms with van der Waals surface area (Å²) < 4.78 is 4.89. The van der Waals surface area contributed by atoms with Gasteiger partial charge in [0.05, 0.1) is 0 Å². The van der Waals surface area contributed by atoms with Gasteiger partial charge in [0, 0.05) is 37.8 Å². The molecule has 1 aromatic carbocycles. The van der Waals surface area contributed by atoms with Gasteiger partial charge in [0.15, 0.2) is 5.82 Å². The van der Waals surface area contributed by atoms with Crippen molar-refractivity contribution in [3.8, 4) is 0 Å². The number of aromatic nitrogens is 2. The summed E-state index contributed by atoms with van der Waals surface area (Å²) >= 11 is 0. The Hall–Kier alpha value is -1.92. The summed E-state index contributed by atoms with van der Waals surface area (Å²) in [5.74, 6) is 0.936. The molecule has 1 aromatic heterocycles. The standard InChI is InChI=1S/C17H24N4O2/c1-13-4-2-3-5-15(13)21-10-7-14(8-11-21)18-9-6-16-19-17(12-22)23-20-16/h2-5,14,18,22H,6-12H2,1H3. The molecule has 1 saturated heterocycles. The van der Waals surface area contributed by atoms with E-state index in [0.29, 0.717) is 11.9 Å². The lowest BCUT2D eigenvalue weighted by molar-refractivity contribution is 0.222. The maximum Gasteiger partial charge on any atom is 0.252 e. The highest BCUT2D eigenvalue weighted by molar-refractivity contribution is 5.53. The number of anilines is 1. The molecule has 2 aromatic rings. The van der Waals surface area contributed by atoms with Crippen LogP contribution in [0.25, 0.3) is 0 Å². The molecule has 0 unspecified atom stereocenters. The van der Waals surface area contributed by atoms with E-state index in [9.17, 15) is 0 Å². The van der Waals surface area contributed by atoms with E-state index in [1.54, 1.807) is 0 Å². The third-order valence-corrected chi connectivity index (χ3v) is 4.38. The lowest BCUT2D eigenvalue weighted by atomic mass is 10.0. The summed E-state index contributed by atoms with van der Waals surface area (Å²) in [7, 11) is 0. The minimum atomic E-state index is -0.197. The number of nitrogens with one attached hydrogen (secondary N) is 1. The van der Waals surface area contributed by atoms with Crippen LogP contribution in [0, 0.1) is 6.92 Å². The second-order valence-electron chi connectivity index (χ2n) is 6.01. The molecule has 2 heterocycles. The minimum Gasteiger partial charge on any atom is -0.387 e. The molecule has 2 N–H and O–H groups in total. The van der Waals surface area contributed by atoms with Crippen molar-refractivity contribution in [3.63, 3.8) is 0 Å². The van der Waals surface area contributed by atoms with Gasteiger partial charge in [-0.25, -0.2) is 0 Å². The summed E-state index contributed by atoms with van der Waals surface area (Å²) in [6, 6.07) is 9.12. The van der Waals surface area contributed by atoms with Crippen LogP contribution in [0.5, 0.6) is 0 Å². The van der Waals surface area contributed by atoms with Crippen molar-refractivity contribution in [2.45, 2.75) is 38.8 Å². The van der Waals surface area contributed by atoms with Crippen LogP contribution < -0.4 is 10.2 Å². The number of aryl methyl sites for hydroxylation is 1. The molecule has 6 heteroatoms. The van der Waals surface area contributed by atoms with Gasteiger partial charge in [-0.15, -0.1) is 0 Å². The number of hydrogen-bond acceptors (Lipinski definition) is 6. The molecule has 0 saturated carbocycles. The van der Waals surface area contributed by atoms with E-state index in [-0.39, 0.29) is 12.5 Å². The van der Waals surface area contributed by atoms with Gasteiger partial charge in [0.1, 0.15) is 6.61 Å². The monoisotopic (exact) mass is 316 g/mol. The summed E-state index contributed by atoms with van der Waals surface area (Å²) in [6.45, 7) is 4.97. The molecule has 1 fully saturated rings. The molecule has 1 aliphatic rings. The fourth-order valence-corrected chi connectivity index (χ4v) is 3.09. The second kappa shape index (κ2) is 7.57. The van der Waals surface area contributed by atoms with Crippen molar-refractivity contribution in [3.05, 3.63) is 41.5 Å². The van der Waals surface area contributed by atoms with Crippen LogP contribution in [0.2, 0.25) is 0 Å². The van der Waals surface area contributed by atoms with E-state index in [2.05, 4.69) is 51.5 Å². The minimum absolute atomic E-state index is 0.197. The van der Waals surface area contributed by atoms with Crippen molar-refractivity contribution in [1.82, 2.24) is 15.5 Å². The molecule has 0 aliphatic carbocycles. The van der Waals surface area contributed by atoms with Crippen molar-refractivity contribution >= 4 is 5.69 Å². The first-order valence-corrected chi connectivity index (χ1v) is 8.22. The van der Waals surface area contributed by atoms with Crippen LogP contribution in [0.15, 0.2) is 28.8 Å². The Morgan fingerprint density at radius 1 is 1.30 bits per heavy atom. The predicted molar refractivity (Wildman–Crippen MR) is 88.3 cm³/mol. The Labute approximate surface area is 136 Å². The zero-order valence-corrected chi connectivity index (χ0v) is 13.5. The Kier molecular flexibility index (Phi) is 5.25. The Balaban J connectivity index is 1.42. The van der Waals surface area contributed by atoms with Crippen molar-refractivity contribution in [2.24, 2.45) is 0 Å². The van der Waals surface area contributed by atoms with E-state index >= 15 is 0 Å². The topological polar surface area (TPSA) is 74.4 Å². The number of aliphatic hydroxyl groups excluding tert-OH is 1. The number of piperidine rings is 1. The number of rotatable bonds is 6. The molecule has 0 amide bonds. The summed E-state index contributed by atoms with van der Waals surface area (Å²) in [4.78, 5) is 6.57. The lowest BCUT2D eigenvalue weighted by Crippen LogP contribution is -2.43. The van der Waals surface area contributed by atoms with Crippen molar-refractivity contribution < 1.29 is 9.63 Å². The zero-order chi connectivity index (χ0) is 16.1. The van der Waals surface area contributed by atoms with Gasteiger partial charge < -0.3 is 19.8 Å². The van der Waals surface area contributed by atoms with Gasteiger partial charge >= 0.3 is 0 Å². The molecule has 23 heavy (non-hydrogen) atoms. The lowest BCUT2D eigenvalue weighted by Gasteiger charge is -2.34. The van der Waals surface area contributed by atoms with Gasteiger partial charge in [-0.05, 0) is 31.4 Å². The third-order valence-electron chi connectivity index (χ3n) is 4.38. The Bertz CT molecular complexity index is 621. The zero-order valence-electron chi connectivity index (χ0n) is 13.5. The Morgan fingerprint density at radius 2 is 2.09 bits per heavy atom. The van der Waals surface area contributed by atoms with Gasteiger partial charge in [0.25, 0.3) is 5.89 Å². The number of para-hydroxylation sites is 1. The highest BCUT2D eigenvalue weighted by Gasteiger charge is 2.19. The molecule has 0 bridgehead atoms. The maximum atomic E-state index is 8.90. The van der Waals surface area contributed by atoms with Crippen LogP contribution in [-0.4, -0.2) is 40.9 Å². The average molecular weight is 316 g/mol. The molecule has 1 aliphatic heterocycles. The fraction of sp³-hybridized carbons (Fsp3) is 0.529. The molecule has 0 radical (unpaired) electrons. The number of nitrogens with zero attached hydrogens (tertiary/aromatic N) is 3. The smallest absolute Gasteiger partial charge is 0.252 e. The van der Waals surface area contributed by atoms with Crippen LogP contribution >= 0.6 is 0 Å². The molecular weight excluding hydrogens is 292 g/mol. The van der Waals surface area contributed by atoms with Crippen LogP contribution in [0.3, 0.4) is 0 Å². The number of hydrogen-bond donors (Lipinski definition) is 2. The first kappa shape index (κ1) is 16.0. The van der Waals surface area contributed by atoms with Crippen molar-refractivity contribution in [1.29, 1.82) is 0 Å². The molecule has 0 spiro atoms. The molecule has 0 atom stereocenters.